The first-order chi connectivity index (χ1) is 11.6. The molecule has 1 aliphatic heterocycles. The molecule has 24 heavy (non-hydrogen) atoms. The molecule has 0 unspecified atom stereocenters. The third-order valence-electron chi connectivity index (χ3n) is 4.74. The van der Waals surface area contributed by atoms with Crippen LogP contribution in [0.4, 0.5) is 4.79 Å². The Morgan fingerprint density at radius 2 is 2.12 bits per heavy atom. The summed E-state index contributed by atoms with van der Waals surface area (Å²) in [4.78, 5) is 23.3. The van der Waals surface area contributed by atoms with Gasteiger partial charge in [0.15, 0.2) is 5.65 Å². The Balaban J connectivity index is 1.60. The van der Waals surface area contributed by atoms with Crippen LogP contribution in [-0.2, 0) is 0 Å². The number of nitrogens with zero attached hydrogens (tertiary/aromatic N) is 4. The average molecular weight is 329 g/mol. The molecule has 1 saturated heterocycles. The molecular weight excluding hydrogens is 302 g/mol. The van der Waals surface area contributed by atoms with E-state index >= 15 is 0 Å². The third-order valence-corrected chi connectivity index (χ3v) is 4.74. The van der Waals surface area contributed by atoms with Crippen LogP contribution in [0.1, 0.15) is 45.0 Å². The molecule has 0 atom stereocenters. The SMILES string of the molecule is Cc1nc2cccnc2n1C1CCN(C(=O)NCCC(C)C)CC1. The van der Waals surface area contributed by atoms with Gasteiger partial charge in [-0.3, -0.25) is 0 Å². The molecule has 0 spiro atoms. The molecule has 3 rings (SSSR count). The van der Waals surface area contributed by atoms with Crippen molar-refractivity contribution in [2.24, 2.45) is 5.92 Å². The van der Waals surface area contributed by atoms with E-state index in [1.165, 1.54) is 0 Å². The van der Waals surface area contributed by atoms with Gasteiger partial charge in [0.1, 0.15) is 11.3 Å². The summed E-state index contributed by atoms with van der Waals surface area (Å²) in [5, 5.41) is 3.03. The van der Waals surface area contributed by atoms with Crippen LogP contribution >= 0.6 is 0 Å². The first kappa shape index (κ1) is 16.7. The van der Waals surface area contributed by atoms with Crippen LogP contribution in [0, 0.1) is 12.8 Å². The van der Waals surface area contributed by atoms with E-state index in [0.717, 1.165) is 55.9 Å². The van der Waals surface area contributed by atoms with E-state index in [2.05, 4.69) is 33.7 Å². The van der Waals surface area contributed by atoms with Crippen LogP contribution in [0.5, 0.6) is 0 Å². The van der Waals surface area contributed by atoms with Gasteiger partial charge in [0, 0.05) is 31.9 Å². The second-order valence-corrected chi connectivity index (χ2v) is 7.01. The highest BCUT2D eigenvalue weighted by atomic mass is 16.2. The minimum absolute atomic E-state index is 0.0689. The number of urea groups is 1. The summed E-state index contributed by atoms with van der Waals surface area (Å²) in [7, 11) is 0. The first-order valence-corrected chi connectivity index (χ1v) is 8.88. The highest BCUT2D eigenvalue weighted by Crippen LogP contribution is 2.27. The van der Waals surface area contributed by atoms with Gasteiger partial charge in [-0.2, -0.15) is 0 Å². The molecule has 130 valence electrons. The van der Waals surface area contributed by atoms with Gasteiger partial charge in [0.05, 0.1) is 0 Å². The lowest BCUT2D eigenvalue weighted by atomic mass is 10.0. The molecule has 0 radical (unpaired) electrons. The van der Waals surface area contributed by atoms with Crippen molar-refractivity contribution in [3.05, 3.63) is 24.2 Å². The van der Waals surface area contributed by atoms with Crippen LogP contribution in [0.15, 0.2) is 18.3 Å². The second kappa shape index (κ2) is 7.20. The zero-order chi connectivity index (χ0) is 17.1. The van der Waals surface area contributed by atoms with E-state index in [0.29, 0.717) is 12.0 Å². The molecule has 2 aromatic heterocycles. The van der Waals surface area contributed by atoms with E-state index in [4.69, 9.17) is 0 Å². The lowest BCUT2D eigenvalue weighted by molar-refractivity contribution is 0.171. The minimum Gasteiger partial charge on any atom is -0.338 e. The third kappa shape index (κ3) is 3.52. The molecule has 6 nitrogen and oxygen atoms in total. The van der Waals surface area contributed by atoms with Gasteiger partial charge in [0.2, 0.25) is 0 Å². The van der Waals surface area contributed by atoms with E-state index in [1.54, 1.807) is 0 Å². The predicted octanol–water partition coefficient (Wildman–Crippen LogP) is 3.13. The van der Waals surface area contributed by atoms with Crippen molar-refractivity contribution < 1.29 is 4.79 Å². The number of aromatic nitrogens is 3. The van der Waals surface area contributed by atoms with Crippen molar-refractivity contribution in [1.29, 1.82) is 0 Å². The topological polar surface area (TPSA) is 63.1 Å². The maximum atomic E-state index is 12.2. The summed E-state index contributed by atoms with van der Waals surface area (Å²) in [6.45, 7) is 8.69. The van der Waals surface area contributed by atoms with Crippen LogP contribution in [0.2, 0.25) is 0 Å². The number of amides is 2. The molecule has 2 amide bonds. The number of nitrogens with one attached hydrogen (secondary N) is 1. The Labute approximate surface area is 143 Å². The summed E-state index contributed by atoms with van der Waals surface area (Å²) < 4.78 is 2.24. The summed E-state index contributed by atoms with van der Waals surface area (Å²) in [5.74, 6) is 1.62. The van der Waals surface area contributed by atoms with Crippen molar-refractivity contribution in [1.82, 2.24) is 24.8 Å². The number of hydrogen-bond acceptors (Lipinski definition) is 3. The Morgan fingerprint density at radius 1 is 1.38 bits per heavy atom. The lowest BCUT2D eigenvalue weighted by Crippen LogP contribution is -2.45. The quantitative estimate of drug-likeness (QED) is 0.937. The zero-order valence-electron chi connectivity index (χ0n) is 14.8. The predicted molar refractivity (Wildman–Crippen MR) is 95.0 cm³/mol. The van der Waals surface area contributed by atoms with Crippen molar-refractivity contribution in [3.8, 4) is 0 Å². The van der Waals surface area contributed by atoms with Crippen molar-refractivity contribution in [3.63, 3.8) is 0 Å². The lowest BCUT2D eigenvalue weighted by Gasteiger charge is -2.33. The summed E-state index contributed by atoms with van der Waals surface area (Å²) in [5.41, 5.74) is 1.90. The summed E-state index contributed by atoms with van der Waals surface area (Å²) in [6.07, 6.45) is 4.73. The smallest absolute Gasteiger partial charge is 0.317 e. The zero-order valence-corrected chi connectivity index (χ0v) is 14.8. The van der Waals surface area contributed by atoms with Crippen LogP contribution < -0.4 is 5.32 Å². The van der Waals surface area contributed by atoms with Crippen molar-refractivity contribution in [2.45, 2.75) is 46.1 Å². The summed E-state index contributed by atoms with van der Waals surface area (Å²) >= 11 is 0. The van der Waals surface area contributed by atoms with Gasteiger partial charge in [-0.05, 0) is 44.2 Å². The number of likely N-dealkylation sites (tertiary alicyclic amines) is 1. The Bertz CT molecular complexity index is 700. The maximum Gasteiger partial charge on any atom is 0.317 e. The number of carbonyl (C=O) groups is 1. The Hall–Kier alpha value is -2.11. The van der Waals surface area contributed by atoms with Crippen LogP contribution in [-0.4, -0.2) is 45.1 Å². The number of hydrogen-bond donors (Lipinski definition) is 1. The molecule has 2 aromatic rings. The normalized spacial score (nSPS) is 16.1. The first-order valence-electron chi connectivity index (χ1n) is 8.88. The minimum atomic E-state index is 0.0689. The van der Waals surface area contributed by atoms with Crippen LogP contribution in [0.3, 0.4) is 0 Å². The van der Waals surface area contributed by atoms with E-state index in [9.17, 15) is 4.79 Å². The fraction of sp³-hybridized carbons (Fsp3) is 0.611. The molecule has 0 bridgehead atoms. The van der Waals surface area contributed by atoms with Gasteiger partial charge in [-0.15, -0.1) is 0 Å². The average Bonchev–Trinajstić information content (AvgIpc) is 2.90. The monoisotopic (exact) mass is 329 g/mol. The van der Waals surface area contributed by atoms with E-state index in [1.807, 2.05) is 30.2 Å². The van der Waals surface area contributed by atoms with Crippen LogP contribution in [0.25, 0.3) is 11.2 Å². The fourth-order valence-electron chi connectivity index (χ4n) is 3.39. The molecule has 3 heterocycles. The number of aryl methyl sites for hydroxylation is 1. The molecule has 0 aromatic carbocycles. The molecule has 1 aliphatic rings. The molecule has 1 fully saturated rings. The fourth-order valence-corrected chi connectivity index (χ4v) is 3.39. The molecule has 0 saturated carbocycles. The number of rotatable bonds is 4. The Morgan fingerprint density at radius 3 is 2.83 bits per heavy atom. The largest absolute Gasteiger partial charge is 0.338 e. The van der Waals surface area contributed by atoms with Crippen molar-refractivity contribution >= 4 is 17.2 Å². The van der Waals surface area contributed by atoms with Gasteiger partial charge in [-0.25, -0.2) is 14.8 Å². The van der Waals surface area contributed by atoms with Gasteiger partial charge in [0.25, 0.3) is 0 Å². The number of pyridine rings is 1. The standard InChI is InChI=1S/C18H27N5O/c1-13(2)6-10-20-18(24)22-11-7-15(8-12-22)23-14(3)21-16-5-4-9-19-17(16)23/h4-5,9,13,15H,6-8,10-12H2,1-3H3,(H,20,24). The molecule has 1 N–H and O–H groups in total. The highest BCUT2D eigenvalue weighted by molar-refractivity contribution is 5.74. The van der Waals surface area contributed by atoms with Gasteiger partial charge < -0.3 is 14.8 Å². The second-order valence-electron chi connectivity index (χ2n) is 7.01. The number of fused-ring (bicyclic) bond motifs is 1. The van der Waals surface area contributed by atoms with Crippen molar-refractivity contribution in [2.75, 3.05) is 19.6 Å². The van der Waals surface area contributed by atoms with E-state index < -0.39 is 0 Å². The van der Waals surface area contributed by atoms with E-state index in [-0.39, 0.29) is 6.03 Å². The number of imidazole rings is 1. The van der Waals surface area contributed by atoms with Gasteiger partial charge >= 0.3 is 6.03 Å². The molecule has 6 heteroatoms. The number of piperidine rings is 1. The molecular formula is C18H27N5O. The highest BCUT2D eigenvalue weighted by Gasteiger charge is 2.26. The molecule has 0 aliphatic carbocycles. The maximum absolute atomic E-state index is 12.2. The Kier molecular flexibility index (Phi) is 5.02. The summed E-state index contributed by atoms with van der Waals surface area (Å²) in [6, 6.07) is 4.36. The number of carbonyl (C=O) groups excluding carboxylic acids is 1. The van der Waals surface area contributed by atoms with Gasteiger partial charge in [-0.1, -0.05) is 13.8 Å².